The molecule has 4 heteroatoms. The number of aromatic amines is 1. The molecule has 0 saturated heterocycles. The normalized spacial score (nSPS) is 16.2. The third-order valence-corrected chi connectivity index (χ3v) is 5.00. The fourth-order valence-electron chi connectivity index (χ4n) is 3.69. The predicted molar refractivity (Wildman–Crippen MR) is 100 cm³/mol. The number of nitrogens with zero attached hydrogens (tertiary/aromatic N) is 1. The van der Waals surface area contributed by atoms with Crippen LogP contribution in [0.1, 0.15) is 23.2 Å². The molecule has 0 fully saturated rings. The van der Waals surface area contributed by atoms with Crippen molar-refractivity contribution in [3.63, 3.8) is 0 Å². The lowest BCUT2D eigenvalue weighted by Crippen LogP contribution is -2.27. The van der Waals surface area contributed by atoms with Gasteiger partial charge in [-0.05, 0) is 60.7 Å². The zero-order valence-corrected chi connectivity index (χ0v) is 14.3. The van der Waals surface area contributed by atoms with Crippen LogP contribution in [0, 0.1) is 11.3 Å². The van der Waals surface area contributed by atoms with Gasteiger partial charge in [0.1, 0.15) is 5.75 Å². The van der Waals surface area contributed by atoms with Crippen molar-refractivity contribution in [2.24, 2.45) is 0 Å². The number of aromatic nitrogens is 1. The van der Waals surface area contributed by atoms with E-state index >= 15 is 0 Å². The standard InChI is InChI=1S/C21H21N3O/c1-25-17-7-9-21-19(13-17)18-12-16(6-8-20(18)24-21)23-15-4-2-14(3-5-15)10-11-22/h2-5,7,9,13,16,23-24H,6,8,10,12H2,1H3/t16-/m0/s1. The average Bonchev–Trinajstić information content (AvgIpc) is 3.01. The Morgan fingerprint density at radius 1 is 1.24 bits per heavy atom. The molecule has 4 rings (SSSR count). The molecule has 0 bridgehead atoms. The molecule has 1 atom stereocenters. The number of anilines is 1. The first-order chi connectivity index (χ1) is 12.3. The van der Waals surface area contributed by atoms with E-state index in [1.165, 1.54) is 22.2 Å². The molecule has 25 heavy (non-hydrogen) atoms. The summed E-state index contributed by atoms with van der Waals surface area (Å²) in [6.45, 7) is 0. The fourth-order valence-corrected chi connectivity index (χ4v) is 3.69. The predicted octanol–water partition coefficient (Wildman–Crippen LogP) is 4.21. The maximum absolute atomic E-state index is 8.77. The van der Waals surface area contributed by atoms with Crippen molar-refractivity contribution >= 4 is 16.6 Å². The molecule has 2 N–H and O–H groups in total. The highest BCUT2D eigenvalue weighted by atomic mass is 16.5. The molecule has 1 aromatic heterocycles. The SMILES string of the molecule is COc1ccc2[nH]c3c(c2c1)C[C@@H](Nc1ccc(CC#N)cc1)CC3. The Kier molecular flexibility index (Phi) is 4.07. The number of rotatable bonds is 4. The highest BCUT2D eigenvalue weighted by Crippen LogP contribution is 2.32. The van der Waals surface area contributed by atoms with Crippen molar-refractivity contribution in [3.8, 4) is 11.8 Å². The Morgan fingerprint density at radius 2 is 2.08 bits per heavy atom. The van der Waals surface area contributed by atoms with Crippen molar-refractivity contribution in [2.75, 3.05) is 12.4 Å². The number of hydrogen-bond donors (Lipinski definition) is 2. The lowest BCUT2D eigenvalue weighted by Gasteiger charge is -2.24. The van der Waals surface area contributed by atoms with E-state index in [9.17, 15) is 0 Å². The minimum atomic E-state index is 0.416. The largest absolute Gasteiger partial charge is 0.497 e. The first-order valence-corrected chi connectivity index (χ1v) is 8.66. The smallest absolute Gasteiger partial charge is 0.119 e. The van der Waals surface area contributed by atoms with E-state index in [4.69, 9.17) is 10.00 Å². The number of hydrogen-bond acceptors (Lipinski definition) is 3. The molecule has 0 spiro atoms. The van der Waals surface area contributed by atoms with Crippen molar-refractivity contribution < 1.29 is 4.74 Å². The first kappa shape index (κ1) is 15.6. The van der Waals surface area contributed by atoms with Gasteiger partial charge in [-0.1, -0.05) is 12.1 Å². The van der Waals surface area contributed by atoms with Crippen LogP contribution in [0.4, 0.5) is 5.69 Å². The highest BCUT2D eigenvalue weighted by Gasteiger charge is 2.22. The van der Waals surface area contributed by atoms with Crippen LogP contribution in [0.25, 0.3) is 10.9 Å². The Morgan fingerprint density at radius 3 is 2.84 bits per heavy atom. The van der Waals surface area contributed by atoms with Gasteiger partial charge in [0.15, 0.2) is 0 Å². The number of benzene rings is 2. The molecule has 1 heterocycles. The molecule has 0 amide bonds. The second-order valence-electron chi connectivity index (χ2n) is 6.61. The number of aryl methyl sites for hydroxylation is 1. The summed E-state index contributed by atoms with van der Waals surface area (Å²) < 4.78 is 5.38. The van der Waals surface area contributed by atoms with Gasteiger partial charge in [-0.3, -0.25) is 0 Å². The molecule has 0 unspecified atom stereocenters. The third kappa shape index (κ3) is 3.06. The van der Waals surface area contributed by atoms with Crippen LogP contribution in [0.2, 0.25) is 0 Å². The van der Waals surface area contributed by atoms with Crippen molar-refractivity contribution in [1.29, 1.82) is 5.26 Å². The summed E-state index contributed by atoms with van der Waals surface area (Å²) in [6, 6.07) is 17.0. The van der Waals surface area contributed by atoms with Crippen LogP contribution in [0.3, 0.4) is 0 Å². The molecule has 4 nitrogen and oxygen atoms in total. The van der Waals surface area contributed by atoms with Gasteiger partial charge >= 0.3 is 0 Å². The van der Waals surface area contributed by atoms with Gasteiger partial charge in [0.05, 0.1) is 19.6 Å². The van der Waals surface area contributed by atoms with Gasteiger partial charge in [-0.2, -0.15) is 5.26 Å². The second-order valence-corrected chi connectivity index (χ2v) is 6.61. The highest BCUT2D eigenvalue weighted by molar-refractivity contribution is 5.86. The summed E-state index contributed by atoms with van der Waals surface area (Å²) in [4.78, 5) is 3.56. The van der Waals surface area contributed by atoms with E-state index in [0.717, 1.165) is 36.3 Å². The van der Waals surface area contributed by atoms with Gasteiger partial charge in [-0.25, -0.2) is 0 Å². The average molecular weight is 331 g/mol. The number of methoxy groups -OCH3 is 1. The number of nitriles is 1. The number of H-pyrrole nitrogens is 1. The lowest BCUT2D eigenvalue weighted by molar-refractivity contribution is 0.415. The summed E-state index contributed by atoms with van der Waals surface area (Å²) in [5.41, 5.74) is 6.12. The number of ether oxygens (including phenoxy) is 1. The molecular weight excluding hydrogens is 310 g/mol. The summed E-state index contributed by atoms with van der Waals surface area (Å²) in [5, 5.41) is 13.7. The molecular formula is C21H21N3O. The minimum absolute atomic E-state index is 0.416. The Hall–Kier alpha value is -2.93. The summed E-state index contributed by atoms with van der Waals surface area (Å²) in [5.74, 6) is 0.900. The topological polar surface area (TPSA) is 60.8 Å². The lowest BCUT2D eigenvalue weighted by atomic mass is 9.91. The Bertz CT molecular complexity index is 934. The first-order valence-electron chi connectivity index (χ1n) is 8.66. The van der Waals surface area contributed by atoms with E-state index in [0.29, 0.717) is 12.5 Å². The van der Waals surface area contributed by atoms with E-state index < -0.39 is 0 Å². The van der Waals surface area contributed by atoms with E-state index in [1.54, 1.807) is 7.11 Å². The van der Waals surface area contributed by atoms with Crippen molar-refractivity contribution in [2.45, 2.75) is 31.7 Å². The maximum atomic E-state index is 8.77. The van der Waals surface area contributed by atoms with Crippen LogP contribution >= 0.6 is 0 Å². The summed E-state index contributed by atoms with van der Waals surface area (Å²) in [7, 11) is 1.71. The molecule has 0 radical (unpaired) electrons. The molecule has 3 aromatic rings. The number of fused-ring (bicyclic) bond motifs is 3. The van der Waals surface area contributed by atoms with Crippen LogP contribution < -0.4 is 10.1 Å². The van der Waals surface area contributed by atoms with Gasteiger partial charge < -0.3 is 15.0 Å². The van der Waals surface area contributed by atoms with Crippen LogP contribution in [-0.2, 0) is 19.3 Å². The van der Waals surface area contributed by atoms with E-state index in [2.05, 4.69) is 40.6 Å². The molecule has 1 aliphatic rings. The Balaban J connectivity index is 1.54. The molecule has 1 aliphatic carbocycles. The van der Waals surface area contributed by atoms with Gasteiger partial charge in [0.25, 0.3) is 0 Å². The van der Waals surface area contributed by atoms with Gasteiger partial charge in [-0.15, -0.1) is 0 Å². The van der Waals surface area contributed by atoms with Crippen molar-refractivity contribution in [1.82, 2.24) is 4.98 Å². The zero-order valence-electron chi connectivity index (χ0n) is 14.3. The van der Waals surface area contributed by atoms with Gasteiger partial charge in [0.2, 0.25) is 0 Å². The molecule has 0 saturated carbocycles. The maximum Gasteiger partial charge on any atom is 0.119 e. The van der Waals surface area contributed by atoms with E-state index in [1.807, 2.05) is 18.2 Å². The second kappa shape index (κ2) is 6.52. The molecule has 2 aromatic carbocycles. The van der Waals surface area contributed by atoms with Crippen LogP contribution in [0.5, 0.6) is 5.75 Å². The Labute approximate surface area is 147 Å². The van der Waals surface area contributed by atoms with E-state index in [-0.39, 0.29) is 0 Å². The van der Waals surface area contributed by atoms with Crippen LogP contribution in [0.15, 0.2) is 42.5 Å². The third-order valence-electron chi connectivity index (χ3n) is 5.00. The molecule has 0 aliphatic heterocycles. The number of nitrogens with one attached hydrogen (secondary N) is 2. The van der Waals surface area contributed by atoms with Crippen LogP contribution in [-0.4, -0.2) is 18.1 Å². The monoisotopic (exact) mass is 331 g/mol. The summed E-state index contributed by atoms with van der Waals surface area (Å²) in [6.07, 6.45) is 3.63. The quantitative estimate of drug-likeness (QED) is 0.753. The fraction of sp³-hybridized carbons (Fsp3) is 0.286. The van der Waals surface area contributed by atoms with Crippen molar-refractivity contribution in [3.05, 3.63) is 59.3 Å². The van der Waals surface area contributed by atoms with Gasteiger partial charge in [0, 0.05) is 28.3 Å². The zero-order chi connectivity index (χ0) is 17.2. The molecule has 126 valence electrons. The minimum Gasteiger partial charge on any atom is -0.497 e. The summed E-state index contributed by atoms with van der Waals surface area (Å²) >= 11 is 0.